The van der Waals surface area contributed by atoms with Gasteiger partial charge in [0.1, 0.15) is 11.9 Å². The van der Waals surface area contributed by atoms with Crippen LogP contribution in [0.1, 0.15) is 18.1 Å². The minimum absolute atomic E-state index is 0.0900. The molecule has 7 N–H and O–H groups in total. The molecule has 0 aliphatic heterocycles. The highest BCUT2D eigenvalue weighted by molar-refractivity contribution is 5.48. The van der Waals surface area contributed by atoms with Crippen molar-refractivity contribution >= 4 is 5.69 Å². The summed E-state index contributed by atoms with van der Waals surface area (Å²) >= 11 is 0. The van der Waals surface area contributed by atoms with Crippen LogP contribution in [0.25, 0.3) is 0 Å². The zero-order chi connectivity index (χ0) is 11.4. The fourth-order valence-corrected chi connectivity index (χ4v) is 1.35. The SMILES string of the molecule is NCCC(O)C(O)c1cc(N)ccc1O. The summed E-state index contributed by atoms with van der Waals surface area (Å²) in [5.41, 5.74) is 11.4. The lowest BCUT2D eigenvalue weighted by Crippen LogP contribution is -2.21. The minimum atomic E-state index is -1.17. The molecule has 2 unspecified atom stereocenters. The van der Waals surface area contributed by atoms with Gasteiger partial charge in [-0.15, -0.1) is 0 Å². The molecule has 1 aromatic rings. The second-order valence-electron chi connectivity index (χ2n) is 3.41. The number of aliphatic hydroxyl groups is 2. The monoisotopic (exact) mass is 212 g/mol. The van der Waals surface area contributed by atoms with Gasteiger partial charge in [0, 0.05) is 11.3 Å². The lowest BCUT2D eigenvalue weighted by Gasteiger charge is -2.18. The number of nitrogens with two attached hydrogens (primary N) is 2. The molecule has 1 aromatic carbocycles. The number of rotatable bonds is 4. The lowest BCUT2D eigenvalue weighted by molar-refractivity contribution is 0.0137. The number of aromatic hydroxyl groups is 1. The maximum absolute atomic E-state index is 9.70. The van der Waals surface area contributed by atoms with Gasteiger partial charge in [0.25, 0.3) is 0 Å². The van der Waals surface area contributed by atoms with Gasteiger partial charge in [-0.2, -0.15) is 0 Å². The average Bonchev–Trinajstić information content (AvgIpc) is 2.21. The molecule has 5 nitrogen and oxygen atoms in total. The third kappa shape index (κ3) is 2.82. The van der Waals surface area contributed by atoms with Crippen LogP contribution in [0.3, 0.4) is 0 Å². The van der Waals surface area contributed by atoms with Crippen LogP contribution in [0.4, 0.5) is 5.69 Å². The molecule has 1 rings (SSSR count). The highest BCUT2D eigenvalue weighted by Gasteiger charge is 2.20. The quantitative estimate of drug-likeness (QED) is 0.348. The normalized spacial score (nSPS) is 14.9. The van der Waals surface area contributed by atoms with Crippen molar-refractivity contribution in [1.29, 1.82) is 0 Å². The molecule has 0 radical (unpaired) electrons. The molecule has 0 heterocycles. The Balaban J connectivity index is 2.89. The third-order valence-electron chi connectivity index (χ3n) is 2.20. The van der Waals surface area contributed by atoms with Crippen molar-refractivity contribution in [3.63, 3.8) is 0 Å². The number of hydrogen-bond donors (Lipinski definition) is 5. The Kier molecular flexibility index (Phi) is 3.90. The highest BCUT2D eigenvalue weighted by atomic mass is 16.3. The third-order valence-corrected chi connectivity index (χ3v) is 2.20. The summed E-state index contributed by atoms with van der Waals surface area (Å²) in [6.07, 6.45) is -1.91. The van der Waals surface area contributed by atoms with Crippen LogP contribution in [0.2, 0.25) is 0 Å². The molecule has 0 aromatic heterocycles. The molecule has 0 saturated heterocycles. The Morgan fingerprint density at radius 3 is 2.53 bits per heavy atom. The summed E-state index contributed by atoms with van der Waals surface area (Å²) in [6, 6.07) is 4.32. The van der Waals surface area contributed by atoms with Crippen LogP contribution >= 0.6 is 0 Å². The van der Waals surface area contributed by atoms with Crippen LogP contribution in [-0.4, -0.2) is 28.0 Å². The van der Waals surface area contributed by atoms with Gasteiger partial charge in [-0.1, -0.05) is 0 Å². The summed E-state index contributed by atoms with van der Waals surface area (Å²) < 4.78 is 0. The van der Waals surface area contributed by atoms with E-state index in [1.807, 2.05) is 0 Å². The van der Waals surface area contributed by atoms with Crippen molar-refractivity contribution in [1.82, 2.24) is 0 Å². The van der Waals surface area contributed by atoms with Crippen molar-refractivity contribution in [3.8, 4) is 5.75 Å². The van der Waals surface area contributed by atoms with Gasteiger partial charge in [0.05, 0.1) is 6.10 Å². The molecule has 0 aliphatic carbocycles. The second kappa shape index (κ2) is 4.97. The van der Waals surface area contributed by atoms with Gasteiger partial charge >= 0.3 is 0 Å². The van der Waals surface area contributed by atoms with E-state index in [9.17, 15) is 15.3 Å². The molecule has 84 valence electrons. The predicted octanol–water partition coefficient (Wildman–Crippen LogP) is -0.283. The molecule has 5 heteroatoms. The van der Waals surface area contributed by atoms with Gasteiger partial charge in [0.15, 0.2) is 0 Å². The van der Waals surface area contributed by atoms with Crippen LogP contribution in [-0.2, 0) is 0 Å². The molecular weight excluding hydrogens is 196 g/mol. The first-order valence-corrected chi connectivity index (χ1v) is 4.71. The average molecular weight is 212 g/mol. The highest BCUT2D eigenvalue weighted by Crippen LogP contribution is 2.29. The van der Waals surface area contributed by atoms with E-state index in [4.69, 9.17) is 11.5 Å². The Morgan fingerprint density at radius 1 is 1.27 bits per heavy atom. The van der Waals surface area contributed by atoms with Crippen LogP contribution < -0.4 is 11.5 Å². The largest absolute Gasteiger partial charge is 0.508 e. The number of nitrogen functional groups attached to an aromatic ring is 1. The van der Waals surface area contributed by atoms with Crippen LogP contribution in [0.5, 0.6) is 5.75 Å². The van der Waals surface area contributed by atoms with Crippen molar-refractivity contribution in [3.05, 3.63) is 23.8 Å². The lowest BCUT2D eigenvalue weighted by atomic mass is 10.0. The van der Waals surface area contributed by atoms with Gasteiger partial charge in [-0.05, 0) is 31.2 Å². The molecule has 0 spiro atoms. The molecular formula is C10H16N2O3. The standard InChI is InChI=1S/C10H16N2O3/c11-4-3-9(14)10(15)7-5-6(12)1-2-8(7)13/h1-2,5,9-10,13-15H,3-4,11-12H2. The summed E-state index contributed by atoms with van der Waals surface area (Å²) in [4.78, 5) is 0. The van der Waals surface area contributed by atoms with Crippen molar-refractivity contribution < 1.29 is 15.3 Å². The van der Waals surface area contributed by atoms with E-state index in [2.05, 4.69) is 0 Å². The van der Waals surface area contributed by atoms with Gasteiger partial charge < -0.3 is 26.8 Å². The van der Waals surface area contributed by atoms with Gasteiger partial charge in [0.2, 0.25) is 0 Å². The first-order chi connectivity index (χ1) is 7.06. The number of phenols is 1. The van der Waals surface area contributed by atoms with Gasteiger partial charge in [-0.3, -0.25) is 0 Å². The zero-order valence-corrected chi connectivity index (χ0v) is 8.30. The van der Waals surface area contributed by atoms with Crippen LogP contribution in [0, 0.1) is 0 Å². The number of benzene rings is 1. The van der Waals surface area contributed by atoms with Crippen molar-refractivity contribution in [2.45, 2.75) is 18.6 Å². The second-order valence-corrected chi connectivity index (χ2v) is 3.41. The van der Waals surface area contributed by atoms with Gasteiger partial charge in [-0.25, -0.2) is 0 Å². The Morgan fingerprint density at radius 2 is 1.93 bits per heavy atom. The Labute approximate surface area is 88.0 Å². The first kappa shape index (κ1) is 11.8. The van der Waals surface area contributed by atoms with E-state index >= 15 is 0 Å². The number of anilines is 1. The molecule has 0 amide bonds. The Bertz CT molecular complexity index is 330. The molecule has 0 bridgehead atoms. The molecule has 0 saturated carbocycles. The summed E-state index contributed by atoms with van der Waals surface area (Å²) in [6.45, 7) is 0.265. The fraction of sp³-hybridized carbons (Fsp3) is 0.400. The first-order valence-electron chi connectivity index (χ1n) is 4.71. The maximum atomic E-state index is 9.70. The Hall–Kier alpha value is -1.30. The van der Waals surface area contributed by atoms with E-state index < -0.39 is 12.2 Å². The topological polar surface area (TPSA) is 113 Å². The smallest absolute Gasteiger partial charge is 0.121 e. The van der Waals surface area contributed by atoms with E-state index in [1.54, 1.807) is 0 Å². The van der Waals surface area contributed by atoms with Crippen LogP contribution in [0.15, 0.2) is 18.2 Å². The molecule has 2 atom stereocenters. The number of aliphatic hydroxyl groups excluding tert-OH is 2. The number of phenolic OH excluding ortho intramolecular Hbond substituents is 1. The van der Waals surface area contributed by atoms with E-state index in [1.165, 1.54) is 18.2 Å². The molecule has 0 aliphatic rings. The molecule has 0 fully saturated rings. The predicted molar refractivity (Wildman–Crippen MR) is 57.2 cm³/mol. The van der Waals surface area contributed by atoms with Crippen molar-refractivity contribution in [2.24, 2.45) is 5.73 Å². The minimum Gasteiger partial charge on any atom is -0.508 e. The zero-order valence-electron chi connectivity index (χ0n) is 8.30. The number of hydrogen-bond acceptors (Lipinski definition) is 5. The summed E-state index contributed by atoms with van der Waals surface area (Å²) in [5, 5.41) is 28.7. The fourth-order valence-electron chi connectivity index (χ4n) is 1.35. The molecule has 15 heavy (non-hydrogen) atoms. The summed E-state index contributed by atoms with van der Waals surface area (Å²) in [7, 11) is 0. The summed E-state index contributed by atoms with van der Waals surface area (Å²) in [5.74, 6) is -0.0900. The van der Waals surface area contributed by atoms with E-state index in [0.717, 1.165) is 0 Å². The van der Waals surface area contributed by atoms with E-state index in [0.29, 0.717) is 5.69 Å². The van der Waals surface area contributed by atoms with Crippen molar-refractivity contribution in [2.75, 3.05) is 12.3 Å². The van der Waals surface area contributed by atoms with E-state index in [-0.39, 0.29) is 24.3 Å². The maximum Gasteiger partial charge on any atom is 0.121 e.